The minimum atomic E-state index is 0.108. The number of Topliss-reactive ketones (excluding diaryl/α,β-unsaturated/α-hetero) is 1. The molecule has 0 amide bonds. The van der Waals surface area contributed by atoms with Crippen molar-refractivity contribution >= 4 is 11.5 Å². The van der Waals surface area contributed by atoms with Gasteiger partial charge in [0.2, 0.25) is 0 Å². The van der Waals surface area contributed by atoms with Crippen LogP contribution in [0.25, 0.3) is 0 Å². The van der Waals surface area contributed by atoms with Gasteiger partial charge in [-0.25, -0.2) is 0 Å². The largest absolute Gasteiger partial charge is 0.492 e. The number of ether oxygens (including phenoxy) is 2. The van der Waals surface area contributed by atoms with Gasteiger partial charge in [0.1, 0.15) is 18.1 Å². The number of carbonyl (C=O) groups is 1. The van der Waals surface area contributed by atoms with Crippen LogP contribution in [0.15, 0.2) is 36.7 Å². The minimum Gasteiger partial charge on any atom is -0.492 e. The fourth-order valence-corrected chi connectivity index (χ4v) is 2.06. The van der Waals surface area contributed by atoms with Crippen molar-refractivity contribution in [1.82, 2.24) is 4.98 Å². The molecule has 2 N–H and O–H groups in total. The number of anilines is 1. The van der Waals surface area contributed by atoms with E-state index in [2.05, 4.69) is 4.98 Å². The summed E-state index contributed by atoms with van der Waals surface area (Å²) >= 11 is 0. The third-order valence-corrected chi connectivity index (χ3v) is 3.18. The SMILES string of the molecule is Nc1cnccc1COc1ccc2c(c1)OCCC2=O. The Labute approximate surface area is 116 Å². The predicted octanol–water partition coefficient (Wildman–Crippen LogP) is 2.21. The number of nitrogens with two attached hydrogens (primary N) is 1. The first kappa shape index (κ1) is 12.5. The van der Waals surface area contributed by atoms with Gasteiger partial charge in [0.05, 0.1) is 24.1 Å². The second kappa shape index (κ2) is 5.21. The third kappa shape index (κ3) is 2.42. The maximum Gasteiger partial charge on any atom is 0.169 e. The minimum absolute atomic E-state index is 0.108. The fourth-order valence-electron chi connectivity index (χ4n) is 2.06. The van der Waals surface area contributed by atoms with Gasteiger partial charge in [-0.15, -0.1) is 0 Å². The normalized spacial score (nSPS) is 13.5. The average molecular weight is 270 g/mol. The van der Waals surface area contributed by atoms with Gasteiger partial charge in [-0.05, 0) is 18.2 Å². The highest BCUT2D eigenvalue weighted by atomic mass is 16.5. The summed E-state index contributed by atoms with van der Waals surface area (Å²) in [6.45, 7) is 0.772. The number of pyridine rings is 1. The number of carbonyl (C=O) groups excluding carboxylic acids is 1. The summed E-state index contributed by atoms with van der Waals surface area (Å²) in [6, 6.07) is 7.06. The van der Waals surface area contributed by atoms with Crippen LogP contribution in [0, 0.1) is 0 Å². The third-order valence-electron chi connectivity index (χ3n) is 3.18. The molecule has 1 aliphatic heterocycles. The lowest BCUT2D eigenvalue weighted by atomic mass is 10.1. The molecule has 0 radical (unpaired) electrons. The van der Waals surface area contributed by atoms with E-state index in [1.54, 1.807) is 30.6 Å². The number of nitrogens with zero attached hydrogens (tertiary/aromatic N) is 1. The van der Waals surface area contributed by atoms with Crippen molar-refractivity contribution in [3.63, 3.8) is 0 Å². The first-order chi connectivity index (χ1) is 9.74. The molecule has 102 valence electrons. The van der Waals surface area contributed by atoms with E-state index < -0.39 is 0 Å². The number of nitrogen functional groups attached to an aromatic ring is 1. The number of benzene rings is 1. The summed E-state index contributed by atoms with van der Waals surface area (Å²) in [6.07, 6.45) is 3.69. The Balaban J connectivity index is 1.76. The molecule has 1 aromatic heterocycles. The molecule has 20 heavy (non-hydrogen) atoms. The van der Waals surface area contributed by atoms with Gasteiger partial charge in [0.15, 0.2) is 5.78 Å². The standard InChI is InChI=1S/C15H14N2O3/c16-13-8-17-5-3-10(13)9-20-11-1-2-12-14(18)4-6-19-15(12)7-11/h1-3,5,7-8H,4,6,9,16H2. The molecule has 2 aromatic rings. The van der Waals surface area contributed by atoms with Crippen LogP contribution >= 0.6 is 0 Å². The van der Waals surface area contributed by atoms with E-state index in [9.17, 15) is 4.79 Å². The number of aromatic nitrogens is 1. The summed E-state index contributed by atoms with van der Waals surface area (Å²) in [5.41, 5.74) is 7.88. The van der Waals surface area contributed by atoms with E-state index in [1.807, 2.05) is 6.07 Å². The highest BCUT2D eigenvalue weighted by Crippen LogP contribution is 2.29. The van der Waals surface area contributed by atoms with E-state index in [1.165, 1.54) is 0 Å². The molecule has 5 nitrogen and oxygen atoms in total. The summed E-state index contributed by atoms with van der Waals surface area (Å²) in [7, 11) is 0. The topological polar surface area (TPSA) is 74.4 Å². The van der Waals surface area contributed by atoms with Crippen molar-refractivity contribution in [1.29, 1.82) is 0 Å². The van der Waals surface area contributed by atoms with Crippen LogP contribution in [0.3, 0.4) is 0 Å². The van der Waals surface area contributed by atoms with E-state index in [0.717, 1.165) is 5.56 Å². The number of hydrogen-bond acceptors (Lipinski definition) is 5. The van der Waals surface area contributed by atoms with Gasteiger partial charge < -0.3 is 15.2 Å². The Morgan fingerprint density at radius 3 is 3.10 bits per heavy atom. The molecule has 0 saturated carbocycles. The Hall–Kier alpha value is -2.56. The highest BCUT2D eigenvalue weighted by molar-refractivity contribution is 5.99. The molecule has 0 aliphatic carbocycles. The molecule has 0 atom stereocenters. The molecule has 0 saturated heterocycles. The first-order valence-electron chi connectivity index (χ1n) is 6.35. The molecule has 0 spiro atoms. The maximum atomic E-state index is 11.7. The van der Waals surface area contributed by atoms with E-state index >= 15 is 0 Å². The lowest BCUT2D eigenvalue weighted by Crippen LogP contribution is -2.15. The van der Waals surface area contributed by atoms with Crippen molar-refractivity contribution in [3.05, 3.63) is 47.8 Å². The van der Waals surface area contributed by atoms with E-state index in [4.69, 9.17) is 15.2 Å². The molecule has 0 bridgehead atoms. The van der Waals surface area contributed by atoms with Gasteiger partial charge in [0.25, 0.3) is 0 Å². The van der Waals surface area contributed by atoms with Crippen molar-refractivity contribution in [2.45, 2.75) is 13.0 Å². The van der Waals surface area contributed by atoms with E-state index in [-0.39, 0.29) is 5.78 Å². The summed E-state index contributed by atoms with van der Waals surface area (Å²) in [4.78, 5) is 15.6. The number of hydrogen-bond donors (Lipinski definition) is 1. The molecule has 5 heteroatoms. The molecule has 0 unspecified atom stereocenters. The van der Waals surface area contributed by atoms with Gasteiger partial charge in [-0.1, -0.05) is 0 Å². The molecular weight excluding hydrogens is 256 g/mol. The second-order valence-corrected chi connectivity index (χ2v) is 4.54. The predicted molar refractivity (Wildman–Crippen MR) is 73.9 cm³/mol. The van der Waals surface area contributed by atoms with Crippen LogP contribution in [0.1, 0.15) is 22.3 Å². The van der Waals surface area contributed by atoms with Crippen molar-refractivity contribution in [2.75, 3.05) is 12.3 Å². The quantitative estimate of drug-likeness (QED) is 0.925. The number of rotatable bonds is 3. The zero-order valence-corrected chi connectivity index (χ0v) is 10.8. The van der Waals surface area contributed by atoms with Crippen molar-refractivity contribution in [3.8, 4) is 11.5 Å². The molecule has 3 rings (SSSR count). The molecule has 0 fully saturated rings. The maximum absolute atomic E-state index is 11.7. The average Bonchev–Trinajstić information content (AvgIpc) is 2.46. The van der Waals surface area contributed by atoms with Gasteiger partial charge >= 0.3 is 0 Å². The van der Waals surface area contributed by atoms with Crippen molar-refractivity contribution in [2.24, 2.45) is 0 Å². The summed E-state index contributed by atoms with van der Waals surface area (Å²) in [5, 5.41) is 0. The van der Waals surface area contributed by atoms with Crippen LogP contribution in [-0.4, -0.2) is 17.4 Å². The van der Waals surface area contributed by atoms with Gasteiger partial charge in [0, 0.05) is 24.2 Å². The van der Waals surface area contributed by atoms with Crippen LogP contribution in [0.5, 0.6) is 11.5 Å². The second-order valence-electron chi connectivity index (χ2n) is 4.54. The lowest BCUT2D eigenvalue weighted by Gasteiger charge is -2.17. The van der Waals surface area contributed by atoms with Crippen molar-refractivity contribution < 1.29 is 14.3 Å². The van der Waals surface area contributed by atoms with Crippen LogP contribution < -0.4 is 15.2 Å². The first-order valence-corrected chi connectivity index (χ1v) is 6.35. The molecular formula is C15H14N2O3. The summed E-state index contributed by atoms with van der Waals surface area (Å²) < 4.78 is 11.1. The fraction of sp³-hybridized carbons (Fsp3) is 0.200. The smallest absolute Gasteiger partial charge is 0.169 e. The van der Waals surface area contributed by atoms with Crippen LogP contribution in [0.2, 0.25) is 0 Å². The summed E-state index contributed by atoms with van der Waals surface area (Å²) in [5.74, 6) is 1.34. The number of fused-ring (bicyclic) bond motifs is 1. The van der Waals surface area contributed by atoms with Gasteiger partial charge in [-0.3, -0.25) is 9.78 Å². The Morgan fingerprint density at radius 2 is 2.25 bits per heavy atom. The van der Waals surface area contributed by atoms with E-state index in [0.29, 0.717) is 42.4 Å². The zero-order chi connectivity index (χ0) is 13.9. The highest BCUT2D eigenvalue weighted by Gasteiger charge is 2.18. The monoisotopic (exact) mass is 270 g/mol. The number of ketones is 1. The Bertz CT molecular complexity index is 655. The molecule has 1 aliphatic rings. The Kier molecular flexibility index (Phi) is 3.25. The Morgan fingerprint density at radius 1 is 1.35 bits per heavy atom. The van der Waals surface area contributed by atoms with Gasteiger partial charge in [-0.2, -0.15) is 0 Å². The molecule has 2 heterocycles. The lowest BCUT2D eigenvalue weighted by molar-refractivity contribution is 0.0933. The molecule has 1 aromatic carbocycles. The zero-order valence-electron chi connectivity index (χ0n) is 10.8. The van der Waals surface area contributed by atoms with Crippen LogP contribution in [-0.2, 0) is 6.61 Å². The van der Waals surface area contributed by atoms with Crippen LogP contribution in [0.4, 0.5) is 5.69 Å².